The van der Waals surface area contributed by atoms with Crippen molar-refractivity contribution in [1.29, 1.82) is 0 Å². The van der Waals surface area contributed by atoms with Gasteiger partial charge in [-0.1, -0.05) is 25.2 Å². The lowest BCUT2D eigenvalue weighted by molar-refractivity contribution is 0.0700. The van der Waals surface area contributed by atoms with Crippen LogP contribution in [0.5, 0.6) is 0 Å². The smallest absolute Gasteiger partial charge is 0.347 e. The Morgan fingerprint density at radius 1 is 1.33 bits per heavy atom. The van der Waals surface area contributed by atoms with Gasteiger partial charge in [0.05, 0.1) is 11.4 Å². The average Bonchev–Trinajstić information content (AvgIpc) is 2.95. The summed E-state index contributed by atoms with van der Waals surface area (Å²) in [4.78, 5) is 16.7. The molecule has 0 saturated heterocycles. The van der Waals surface area contributed by atoms with Gasteiger partial charge in [0.2, 0.25) is 0 Å². The van der Waals surface area contributed by atoms with Crippen LogP contribution in [0.3, 0.4) is 0 Å². The molecule has 0 bridgehead atoms. The lowest BCUT2D eigenvalue weighted by atomic mass is 10.1. The lowest BCUT2D eigenvalue weighted by Gasteiger charge is -2.04. The van der Waals surface area contributed by atoms with Crippen LogP contribution < -0.4 is 0 Å². The van der Waals surface area contributed by atoms with Crippen LogP contribution in [0.15, 0.2) is 30.5 Å². The van der Waals surface area contributed by atoms with Crippen molar-refractivity contribution >= 4 is 22.3 Å². The molecule has 0 atom stereocenters. The van der Waals surface area contributed by atoms with Crippen LogP contribution in [-0.4, -0.2) is 20.5 Å². The average molecular weight is 304 g/mol. The summed E-state index contributed by atoms with van der Waals surface area (Å²) >= 11 is 1.16. The Labute approximate surface area is 124 Å². The largest absolute Gasteiger partial charge is 0.477 e. The van der Waals surface area contributed by atoms with E-state index in [0.717, 1.165) is 22.6 Å². The van der Waals surface area contributed by atoms with Crippen molar-refractivity contribution < 1.29 is 14.3 Å². The number of hydrogen-bond acceptors (Lipinski definition) is 3. The van der Waals surface area contributed by atoms with Crippen molar-refractivity contribution in [2.24, 2.45) is 0 Å². The highest BCUT2D eigenvalue weighted by atomic mass is 32.1. The number of benzene rings is 1. The van der Waals surface area contributed by atoms with E-state index in [9.17, 15) is 14.3 Å². The number of carboxylic acid groups (broad SMARTS) is 1. The van der Waals surface area contributed by atoms with Crippen molar-refractivity contribution in [3.8, 4) is 11.3 Å². The third kappa shape index (κ3) is 2.31. The van der Waals surface area contributed by atoms with E-state index in [1.54, 1.807) is 18.3 Å². The number of halogens is 1. The molecule has 0 radical (unpaired) electrons. The summed E-state index contributed by atoms with van der Waals surface area (Å²) in [6, 6.07) is 6.09. The van der Waals surface area contributed by atoms with Crippen molar-refractivity contribution in [2.75, 3.05) is 0 Å². The number of carbonyl (C=O) groups is 1. The maximum Gasteiger partial charge on any atom is 0.347 e. The van der Waals surface area contributed by atoms with Gasteiger partial charge in [0.25, 0.3) is 0 Å². The van der Waals surface area contributed by atoms with Gasteiger partial charge in [0.1, 0.15) is 10.7 Å². The molecule has 108 valence electrons. The zero-order valence-corrected chi connectivity index (χ0v) is 12.3. The first-order valence-corrected chi connectivity index (χ1v) is 7.30. The van der Waals surface area contributed by atoms with Gasteiger partial charge in [-0.3, -0.25) is 4.40 Å². The number of fused-ring (bicyclic) bond motifs is 1. The molecule has 1 aromatic carbocycles. The second-order valence-electron chi connectivity index (χ2n) is 5.06. The maximum atomic E-state index is 13.0. The number of hydrogen-bond donors (Lipinski definition) is 1. The molecule has 0 unspecified atom stereocenters. The molecular weight excluding hydrogens is 291 g/mol. The summed E-state index contributed by atoms with van der Waals surface area (Å²) in [5.41, 5.74) is 2.25. The summed E-state index contributed by atoms with van der Waals surface area (Å²) in [5.74, 6) is -1.16. The normalized spacial score (nSPS) is 11.4. The number of carboxylic acids is 1. The molecular formula is C15H13FN2O2S. The van der Waals surface area contributed by atoms with Crippen LogP contribution in [0.2, 0.25) is 0 Å². The molecule has 0 saturated carbocycles. The quantitative estimate of drug-likeness (QED) is 0.795. The minimum Gasteiger partial charge on any atom is -0.477 e. The fraction of sp³-hybridized carbons (Fsp3) is 0.200. The van der Waals surface area contributed by atoms with Crippen molar-refractivity contribution in [3.05, 3.63) is 46.9 Å². The monoisotopic (exact) mass is 304 g/mol. The van der Waals surface area contributed by atoms with E-state index in [0.29, 0.717) is 15.5 Å². The number of thiazole rings is 1. The van der Waals surface area contributed by atoms with Crippen molar-refractivity contribution in [2.45, 2.75) is 19.8 Å². The molecule has 0 fully saturated rings. The van der Waals surface area contributed by atoms with Gasteiger partial charge in [-0.2, -0.15) is 0 Å². The fourth-order valence-corrected chi connectivity index (χ4v) is 3.42. The summed E-state index contributed by atoms with van der Waals surface area (Å²) in [7, 11) is 0. The number of aromatic nitrogens is 2. The molecule has 3 rings (SSSR count). The topological polar surface area (TPSA) is 54.6 Å². The third-order valence-electron chi connectivity index (χ3n) is 3.24. The van der Waals surface area contributed by atoms with E-state index < -0.39 is 5.97 Å². The molecule has 0 spiro atoms. The van der Waals surface area contributed by atoms with Crippen LogP contribution in [-0.2, 0) is 0 Å². The number of nitrogens with zero attached hydrogens (tertiary/aromatic N) is 2. The number of imidazole rings is 1. The van der Waals surface area contributed by atoms with Gasteiger partial charge >= 0.3 is 5.97 Å². The highest BCUT2D eigenvalue weighted by Crippen LogP contribution is 2.31. The predicted molar refractivity (Wildman–Crippen MR) is 79.5 cm³/mol. The van der Waals surface area contributed by atoms with Crippen molar-refractivity contribution in [3.63, 3.8) is 0 Å². The van der Waals surface area contributed by atoms with E-state index in [1.807, 2.05) is 18.2 Å². The maximum absolute atomic E-state index is 13.0. The molecule has 2 heterocycles. The summed E-state index contributed by atoms with van der Waals surface area (Å²) in [5, 5.41) is 9.28. The minimum atomic E-state index is -0.933. The van der Waals surface area contributed by atoms with E-state index in [-0.39, 0.29) is 11.7 Å². The Hall–Kier alpha value is -2.21. The summed E-state index contributed by atoms with van der Waals surface area (Å²) < 4.78 is 14.8. The van der Waals surface area contributed by atoms with Gasteiger partial charge in [-0.15, -0.1) is 0 Å². The zero-order chi connectivity index (χ0) is 15.1. The Kier molecular flexibility index (Phi) is 3.25. The Balaban J connectivity index is 2.17. The molecule has 0 aliphatic rings. The minimum absolute atomic E-state index is 0.0696. The molecule has 6 heteroatoms. The highest BCUT2D eigenvalue weighted by Gasteiger charge is 2.22. The van der Waals surface area contributed by atoms with E-state index in [2.05, 4.69) is 4.98 Å². The molecule has 0 aliphatic carbocycles. The van der Waals surface area contributed by atoms with Crippen LogP contribution >= 0.6 is 11.3 Å². The standard InChI is InChI=1S/C15H13FN2O2S/c1-8(2)12-13(14(19)20)21-15-17-11(7-18(12)15)9-3-5-10(16)6-4-9/h3-8H,1-2H3,(H,19,20). The second-order valence-corrected chi connectivity index (χ2v) is 6.04. The molecule has 3 aromatic rings. The Morgan fingerprint density at radius 2 is 2.00 bits per heavy atom. The fourth-order valence-electron chi connectivity index (χ4n) is 2.31. The first-order valence-electron chi connectivity index (χ1n) is 6.48. The van der Waals surface area contributed by atoms with E-state index in [4.69, 9.17) is 0 Å². The number of rotatable bonds is 3. The molecule has 4 nitrogen and oxygen atoms in total. The number of aromatic carboxylic acids is 1. The third-order valence-corrected chi connectivity index (χ3v) is 4.30. The second kappa shape index (κ2) is 4.96. The van der Waals surface area contributed by atoms with Gasteiger partial charge in [-0.05, 0) is 30.2 Å². The SMILES string of the molecule is CC(C)c1c(C(=O)O)sc2nc(-c3ccc(F)cc3)cn12. The highest BCUT2D eigenvalue weighted by molar-refractivity contribution is 7.19. The molecule has 21 heavy (non-hydrogen) atoms. The Morgan fingerprint density at radius 3 is 2.57 bits per heavy atom. The first kappa shape index (κ1) is 13.8. The van der Waals surface area contributed by atoms with Crippen LogP contribution in [0, 0.1) is 5.82 Å². The molecule has 1 N–H and O–H groups in total. The van der Waals surface area contributed by atoms with E-state index in [1.165, 1.54) is 12.1 Å². The van der Waals surface area contributed by atoms with Gasteiger partial charge in [-0.25, -0.2) is 14.2 Å². The van der Waals surface area contributed by atoms with Gasteiger partial charge in [0, 0.05) is 11.8 Å². The Bertz CT molecular complexity index is 818. The zero-order valence-electron chi connectivity index (χ0n) is 11.5. The molecule has 0 amide bonds. The summed E-state index contributed by atoms with van der Waals surface area (Å²) in [6.07, 6.45) is 1.81. The van der Waals surface area contributed by atoms with Crippen LogP contribution in [0.25, 0.3) is 16.2 Å². The molecule has 0 aliphatic heterocycles. The van der Waals surface area contributed by atoms with Gasteiger partial charge in [0.15, 0.2) is 4.96 Å². The predicted octanol–water partition coefficient (Wildman–Crippen LogP) is 4.02. The van der Waals surface area contributed by atoms with Gasteiger partial charge < -0.3 is 5.11 Å². The van der Waals surface area contributed by atoms with Crippen molar-refractivity contribution in [1.82, 2.24) is 9.38 Å². The van der Waals surface area contributed by atoms with Crippen LogP contribution in [0.1, 0.15) is 35.1 Å². The van der Waals surface area contributed by atoms with E-state index >= 15 is 0 Å². The molecule has 2 aromatic heterocycles. The summed E-state index contributed by atoms with van der Waals surface area (Å²) in [6.45, 7) is 3.90. The van der Waals surface area contributed by atoms with Crippen LogP contribution in [0.4, 0.5) is 4.39 Å². The first-order chi connectivity index (χ1) is 9.97. The lowest BCUT2D eigenvalue weighted by Crippen LogP contribution is -2.02.